The van der Waals surface area contributed by atoms with Gasteiger partial charge in [-0.05, 0) is 36.3 Å². The lowest BCUT2D eigenvalue weighted by Crippen LogP contribution is -2.60. The predicted molar refractivity (Wildman–Crippen MR) is 150 cm³/mol. The van der Waals surface area contributed by atoms with Crippen LogP contribution in [0.15, 0.2) is 23.8 Å². The molecule has 3 fully saturated rings. The zero-order valence-electron chi connectivity index (χ0n) is 23.4. The van der Waals surface area contributed by atoms with E-state index in [1.165, 1.54) is 0 Å². The van der Waals surface area contributed by atoms with Crippen LogP contribution in [0.25, 0.3) is 11.0 Å². The second-order valence-corrected chi connectivity index (χ2v) is 12.0. The average molecular weight is 570 g/mol. The van der Waals surface area contributed by atoms with Gasteiger partial charge in [0.15, 0.2) is 5.82 Å². The minimum absolute atomic E-state index is 0.141. The molecule has 3 aliphatic heterocycles. The SMILES string of the molecule is CCC1=[N+]=CC=C1C(=O)NC(c1nc2c(F)c(C3CNCC3C(=O)N3CC(F)(F)C3)ccc2[nH]1)C1CCC(C)CC1. The Labute approximate surface area is 236 Å². The number of nitrogens with one attached hydrogen (secondary N) is 3. The fourth-order valence-electron chi connectivity index (χ4n) is 6.78. The molecule has 0 spiro atoms. The molecule has 1 saturated carbocycles. The number of aromatic amines is 1. The van der Waals surface area contributed by atoms with Gasteiger partial charge in [0.1, 0.15) is 16.9 Å². The summed E-state index contributed by atoms with van der Waals surface area (Å²) >= 11 is 0. The summed E-state index contributed by atoms with van der Waals surface area (Å²) in [6.45, 7) is 3.68. The molecule has 1 aliphatic carbocycles. The number of hydrogen-bond donors (Lipinski definition) is 3. The molecule has 3 unspecified atom stereocenters. The molecule has 2 aromatic rings. The van der Waals surface area contributed by atoms with E-state index in [1.54, 1.807) is 24.4 Å². The van der Waals surface area contributed by atoms with Crippen molar-refractivity contribution >= 4 is 34.8 Å². The molecule has 2 saturated heterocycles. The van der Waals surface area contributed by atoms with Gasteiger partial charge in [-0.1, -0.05) is 37.4 Å². The molecule has 3 N–H and O–H groups in total. The maximum Gasteiger partial charge on any atom is 0.316 e. The van der Waals surface area contributed by atoms with Crippen molar-refractivity contribution in [3.63, 3.8) is 0 Å². The van der Waals surface area contributed by atoms with Gasteiger partial charge in [0.05, 0.1) is 30.6 Å². The van der Waals surface area contributed by atoms with Crippen molar-refractivity contribution < 1.29 is 22.8 Å². The summed E-state index contributed by atoms with van der Waals surface area (Å²) in [4.78, 5) is 35.4. The van der Waals surface area contributed by atoms with Gasteiger partial charge in [0, 0.05) is 31.5 Å². The largest absolute Gasteiger partial charge is 0.342 e. The number of carbonyl (C=O) groups excluding carboxylic acids is 2. The number of amides is 2. The van der Waals surface area contributed by atoms with Gasteiger partial charge in [0.2, 0.25) is 5.91 Å². The van der Waals surface area contributed by atoms with Crippen LogP contribution in [0.3, 0.4) is 0 Å². The Morgan fingerprint density at radius 2 is 1.95 bits per heavy atom. The van der Waals surface area contributed by atoms with Crippen LogP contribution in [-0.2, 0) is 9.59 Å². The van der Waals surface area contributed by atoms with Gasteiger partial charge in [-0.3, -0.25) is 9.59 Å². The molecule has 2 amide bonds. The van der Waals surface area contributed by atoms with Crippen LogP contribution in [0.1, 0.15) is 69.3 Å². The highest BCUT2D eigenvalue weighted by Gasteiger charge is 2.49. The number of imidazole rings is 1. The number of allylic oxidation sites excluding steroid dienone is 1. The quantitative estimate of drug-likeness (QED) is 0.445. The fourth-order valence-corrected chi connectivity index (χ4v) is 6.78. The van der Waals surface area contributed by atoms with Crippen molar-refractivity contribution in [3.8, 4) is 0 Å². The molecule has 8 nitrogen and oxygen atoms in total. The van der Waals surface area contributed by atoms with Crippen LogP contribution in [0.4, 0.5) is 13.2 Å². The summed E-state index contributed by atoms with van der Waals surface area (Å²) in [6, 6.07) is 2.97. The highest BCUT2D eigenvalue weighted by Crippen LogP contribution is 2.39. The summed E-state index contributed by atoms with van der Waals surface area (Å²) in [5, 5.41) is 6.32. The number of nitrogens with zero attached hydrogens (tertiary/aromatic N) is 3. The highest BCUT2D eigenvalue weighted by atomic mass is 19.3. The van der Waals surface area contributed by atoms with Crippen LogP contribution in [0.5, 0.6) is 0 Å². The van der Waals surface area contributed by atoms with Gasteiger partial charge in [-0.25, -0.2) is 18.2 Å². The fraction of sp³-hybridized carbons (Fsp3) is 0.567. The van der Waals surface area contributed by atoms with Gasteiger partial charge in [0.25, 0.3) is 18.0 Å². The molecule has 1 aromatic heterocycles. The Hall–Kier alpha value is -3.43. The maximum atomic E-state index is 16.1. The first kappa shape index (κ1) is 27.7. The highest BCUT2D eigenvalue weighted by molar-refractivity contribution is 6.25. The second kappa shape index (κ2) is 10.8. The monoisotopic (exact) mass is 569 g/mol. The van der Waals surface area contributed by atoms with E-state index < -0.39 is 42.7 Å². The van der Waals surface area contributed by atoms with Gasteiger partial charge >= 0.3 is 5.71 Å². The lowest BCUT2D eigenvalue weighted by Gasteiger charge is -2.40. The standard InChI is InChI=1S/C30H35F3N6O2/c1-3-22-19(10-11-35-22)28(40)38-25(17-6-4-16(2)5-7-17)27-36-23-9-8-18(24(31)26(23)37-27)20-12-34-13-21(20)29(41)39-14-30(32,33)15-39/h8-11,16-17,20-21,25,34H,3-7,12-15H2,1-2H3,(H-,36,37,38,40)/p+1. The molecule has 4 heterocycles. The second-order valence-electron chi connectivity index (χ2n) is 12.0. The number of benzene rings is 1. The molecule has 1 aromatic carbocycles. The number of aromatic nitrogens is 2. The molecule has 4 aliphatic rings. The van der Waals surface area contributed by atoms with Gasteiger partial charge < -0.3 is 20.5 Å². The maximum absolute atomic E-state index is 16.1. The normalized spacial score (nSPS) is 27.9. The van der Waals surface area contributed by atoms with E-state index >= 15 is 4.39 Å². The molecule has 0 radical (unpaired) electrons. The van der Waals surface area contributed by atoms with E-state index in [0.29, 0.717) is 47.9 Å². The summed E-state index contributed by atoms with van der Waals surface area (Å²) in [5.41, 5.74) is 2.27. The van der Waals surface area contributed by atoms with E-state index in [2.05, 4.69) is 27.2 Å². The number of halogens is 3. The Balaban J connectivity index is 1.28. The number of fused-ring (bicyclic) bond motifs is 1. The number of H-pyrrole nitrogens is 1. The Morgan fingerprint density at radius 3 is 2.66 bits per heavy atom. The van der Waals surface area contributed by atoms with Crippen LogP contribution in [0.2, 0.25) is 0 Å². The van der Waals surface area contributed by atoms with E-state index in [-0.39, 0.29) is 23.2 Å². The van der Waals surface area contributed by atoms with Crippen LogP contribution in [-0.4, -0.2) is 70.7 Å². The minimum atomic E-state index is -2.85. The number of hydrogen-bond acceptors (Lipinski definition) is 4. The smallest absolute Gasteiger partial charge is 0.316 e. The summed E-state index contributed by atoms with van der Waals surface area (Å²) in [6.07, 6.45) is 7.91. The third-order valence-electron chi connectivity index (χ3n) is 9.20. The van der Waals surface area contributed by atoms with Crippen molar-refractivity contribution in [1.29, 1.82) is 0 Å². The molecule has 3 atom stereocenters. The van der Waals surface area contributed by atoms with Gasteiger partial charge in [-0.15, -0.1) is 0 Å². The lowest BCUT2D eigenvalue weighted by atomic mass is 9.79. The first-order chi connectivity index (χ1) is 19.6. The first-order valence-corrected chi connectivity index (χ1v) is 14.6. The Kier molecular flexibility index (Phi) is 7.28. The average Bonchev–Trinajstić information content (AvgIpc) is 3.70. The molecule has 11 heteroatoms. The van der Waals surface area contributed by atoms with Crippen molar-refractivity contribution in [1.82, 2.24) is 30.2 Å². The van der Waals surface area contributed by atoms with E-state index in [9.17, 15) is 18.4 Å². The number of rotatable bonds is 7. The summed E-state index contributed by atoms with van der Waals surface area (Å²) < 4.78 is 47.2. The van der Waals surface area contributed by atoms with Crippen molar-refractivity contribution in [2.75, 3.05) is 26.2 Å². The first-order valence-electron chi connectivity index (χ1n) is 14.6. The minimum Gasteiger partial charge on any atom is -0.342 e. The third kappa shape index (κ3) is 5.21. The Bertz CT molecular complexity index is 1460. The summed E-state index contributed by atoms with van der Waals surface area (Å²) in [5.74, 6) is -3.85. The Morgan fingerprint density at radius 1 is 1.20 bits per heavy atom. The zero-order chi connectivity index (χ0) is 28.9. The molecule has 218 valence electrons. The molecular formula is C30H36F3N6O2+. The number of carbonyl (C=O) groups is 2. The van der Waals surface area contributed by atoms with Crippen LogP contribution >= 0.6 is 0 Å². The lowest BCUT2D eigenvalue weighted by molar-refractivity contribution is -0.169. The van der Waals surface area contributed by atoms with Crippen molar-refractivity contribution in [3.05, 3.63) is 41.0 Å². The molecule has 0 bridgehead atoms. The zero-order valence-corrected chi connectivity index (χ0v) is 23.4. The predicted octanol–water partition coefficient (Wildman–Crippen LogP) is 3.40. The van der Waals surface area contributed by atoms with Crippen LogP contribution in [0, 0.1) is 23.6 Å². The van der Waals surface area contributed by atoms with E-state index in [1.807, 2.05) is 6.92 Å². The van der Waals surface area contributed by atoms with E-state index in [4.69, 9.17) is 4.98 Å². The molecular weight excluding hydrogens is 533 g/mol. The number of alkyl halides is 2. The summed E-state index contributed by atoms with van der Waals surface area (Å²) in [7, 11) is 0. The molecule has 6 rings (SSSR count). The van der Waals surface area contributed by atoms with E-state index in [0.717, 1.165) is 36.3 Å². The third-order valence-corrected chi connectivity index (χ3v) is 9.20. The number of likely N-dealkylation sites (tertiary alicyclic amines) is 1. The topological polar surface area (TPSA) is 104 Å². The van der Waals surface area contributed by atoms with Gasteiger partial charge in [-0.2, -0.15) is 0 Å². The van der Waals surface area contributed by atoms with Crippen molar-refractivity contribution in [2.45, 2.75) is 63.8 Å². The van der Waals surface area contributed by atoms with Crippen LogP contribution < -0.4 is 15.3 Å². The van der Waals surface area contributed by atoms with Crippen molar-refractivity contribution in [2.24, 2.45) is 17.8 Å². The molecule has 41 heavy (non-hydrogen) atoms.